The third-order valence-corrected chi connectivity index (χ3v) is 7.60. The molecule has 42 heavy (non-hydrogen) atoms. The lowest BCUT2D eigenvalue weighted by Gasteiger charge is -2.09. The molecule has 0 bridgehead atoms. The second kappa shape index (κ2) is 8.85. The van der Waals surface area contributed by atoms with Crippen LogP contribution >= 0.6 is 0 Å². The van der Waals surface area contributed by atoms with Gasteiger partial charge in [-0.15, -0.1) is 0 Å². The van der Waals surface area contributed by atoms with Gasteiger partial charge in [0.15, 0.2) is 17.5 Å². The van der Waals surface area contributed by atoms with Crippen LogP contribution in [0.25, 0.3) is 88.8 Å². The van der Waals surface area contributed by atoms with Gasteiger partial charge < -0.3 is 8.83 Å². The van der Waals surface area contributed by atoms with Crippen molar-refractivity contribution in [2.24, 2.45) is 0 Å². The number of hydrogen-bond donors (Lipinski definition) is 0. The SMILES string of the molecule is [2H]c1c([2H])c([2H])c(-c2nc(-c3ccc4oc5ccccc5c4c3)nc(-c3cccc4oc5cc6ccccc6cc5c34)n2)c([2H])c1[2H]. The van der Waals surface area contributed by atoms with Gasteiger partial charge in [-0.3, -0.25) is 0 Å². The second-order valence-electron chi connectivity index (χ2n) is 10.1. The molecule has 9 rings (SSSR count). The molecule has 0 fully saturated rings. The van der Waals surface area contributed by atoms with Gasteiger partial charge in [-0.2, -0.15) is 0 Å². The first-order valence-corrected chi connectivity index (χ1v) is 13.4. The Kier molecular flexibility index (Phi) is 3.90. The second-order valence-corrected chi connectivity index (χ2v) is 10.1. The molecule has 0 unspecified atom stereocenters. The minimum atomic E-state index is -0.489. The molecule has 0 spiro atoms. The maximum absolute atomic E-state index is 8.69. The van der Waals surface area contributed by atoms with E-state index in [0.717, 1.165) is 37.9 Å². The number of furan rings is 2. The lowest BCUT2D eigenvalue weighted by Crippen LogP contribution is -2.00. The Bertz CT molecular complexity index is 2740. The highest BCUT2D eigenvalue weighted by Gasteiger charge is 2.19. The van der Waals surface area contributed by atoms with E-state index < -0.39 is 30.2 Å². The van der Waals surface area contributed by atoms with E-state index in [1.54, 1.807) is 0 Å². The maximum Gasteiger partial charge on any atom is 0.164 e. The van der Waals surface area contributed by atoms with Crippen LogP contribution in [0, 0.1) is 0 Å². The van der Waals surface area contributed by atoms with Crippen molar-refractivity contribution >= 4 is 54.6 Å². The standard InChI is InChI=1S/C37H21N3O2/c1-2-9-22(10-3-1)35-38-36(25-17-18-31-28(20-25)26-13-6-7-15-30(26)41-31)40-37(39-35)27-14-8-16-32-34(27)29-19-23-11-4-5-12-24(23)21-33(29)42-32/h1-21H/i1D,2D,3D,9D,10D. The van der Waals surface area contributed by atoms with E-state index in [1.807, 2.05) is 91.0 Å². The summed E-state index contributed by atoms with van der Waals surface area (Å²) in [7, 11) is 0. The number of para-hydroxylation sites is 1. The van der Waals surface area contributed by atoms with Crippen LogP contribution in [-0.2, 0) is 0 Å². The highest BCUT2D eigenvalue weighted by molar-refractivity contribution is 6.15. The molecule has 0 radical (unpaired) electrons. The summed E-state index contributed by atoms with van der Waals surface area (Å²) in [5.74, 6) is 0.518. The Morgan fingerprint density at radius 2 is 1.17 bits per heavy atom. The van der Waals surface area contributed by atoms with E-state index in [4.69, 9.17) is 30.6 Å². The highest BCUT2D eigenvalue weighted by atomic mass is 16.3. The first-order valence-electron chi connectivity index (χ1n) is 15.9. The molecule has 0 aliphatic carbocycles. The number of aromatic nitrogens is 3. The van der Waals surface area contributed by atoms with Gasteiger partial charge in [-0.1, -0.05) is 84.8 Å². The minimum Gasteiger partial charge on any atom is -0.456 e. The smallest absolute Gasteiger partial charge is 0.164 e. The first-order chi connectivity index (χ1) is 22.9. The van der Waals surface area contributed by atoms with Crippen LogP contribution in [0.15, 0.2) is 136 Å². The monoisotopic (exact) mass is 544 g/mol. The van der Waals surface area contributed by atoms with E-state index in [1.165, 1.54) is 0 Å². The van der Waals surface area contributed by atoms with Crippen LogP contribution in [-0.4, -0.2) is 15.0 Å². The van der Waals surface area contributed by atoms with Crippen molar-refractivity contribution in [3.05, 3.63) is 127 Å². The average molecular weight is 545 g/mol. The molecular weight excluding hydrogens is 518 g/mol. The zero-order chi connectivity index (χ0) is 32.0. The predicted molar refractivity (Wildman–Crippen MR) is 168 cm³/mol. The number of benzene rings is 6. The summed E-state index contributed by atoms with van der Waals surface area (Å²) in [5.41, 5.74) is 4.01. The molecule has 5 nitrogen and oxygen atoms in total. The van der Waals surface area contributed by atoms with Crippen LogP contribution in [0.2, 0.25) is 0 Å². The zero-order valence-electron chi connectivity index (χ0n) is 26.9. The van der Waals surface area contributed by atoms with Gasteiger partial charge in [0, 0.05) is 38.2 Å². The maximum atomic E-state index is 8.69. The first kappa shape index (κ1) is 18.5. The van der Waals surface area contributed by atoms with Crippen molar-refractivity contribution in [2.75, 3.05) is 0 Å². The van der Waals surface area contributed by atoms with Gasteiger partial charge in [0.2, 0.25) is 0 Å². The largest absolute Gasteiger partial charge is 0.456 e. The van der Waals surface area contributed by atoms with Crippen LogP contribution < -0.4 is 0 Å². The topological polar surface area (TPSA) is 65.0 Å². The Hall–Kier alpha value is -5.81. The van der Waals surface area contributed by atoms with Crippen molar-refractivity contribution in [2.45, 2.75) is 0 Å². The molecule has 0 saturated heterocycles. The van der Waals surface area contributed by atoms with Crippen LogP contribution in [0.3, 0.4) is 0 Å². The lowest BCUT2D eigenvalue weighted by molar-refractivity contribution is 0.668. The molecule has 9 aromatic rings. The summed E-state index contributed by atoms with van der Waals surface area (Å²) >= 11 is 0. The van der Waals surface area contributed by atoms with Crippen molar-refractivity contribution in [1.29, 1.82) is 0 Å². The Morgan fingerprint density at radius 1 is 0.476 bits per heavy atom. The van der Waals surface area contributed by atoms with Crippen molar-refractivity contribution in [3.63, 3.8) is 0 Å². The molecule has 3 heterocycles. The number of nitrogens with zero attached hydrogens (tertiary/aromatic N) is 3. The Labute approximate surface area is 246 Å². The third kappa shape index (κ3) is 3.54. The molecule has 196 valence electrons. The van der Waals surface area contributed by atoms with E-state index in [2.05, 4.69) is 6.07 Å². The molecule has 0 atom stereocenters. The molecule has 0 saturated carbocycles. The van der Waals surface area contributed by atoms with Crippen molar-refractivity contribution in [3.8, 4) is 34.2 Å². The summed E-state index contributed by atoms with van der Waals surface area (Å²) in [6, 6.07) is 29.0. The summed E-state index contributed by atoms with van der Waals surface area (Å²) in [6.45, 7) is 0. The average Bonchev–Trinajstić information content (AvgIpc) is 3.66. The van der Waals surface area contributed by atoms with Gasteiger partial charge in [0.05, 0.1) is 6.85 Å². The van der Waals surface area contributed by atoms with Crippen LogP contribution in [0.1, 0.15) is 6.85 Å². The third-order valence-electron chi connectivity index (χ3n) is 7.60. The van der Waals surface area contributed by atoms with Crippen molar-refractivity contribution < 1.29 is 15.7 Å². The molecule has 0 N–H and O–H groups in total. The number of hydrogen-bond acceptors (Lipinski definition) is 5. The number of rotatable bonds is 3. The molecule has 3 aromatic heterocycles. The van der Waals surface area contributed by atoms with Gasteiger partial charge in [0.25, 0.3) is 0 Å². The van der Waals surface area contributed by atoms with Crippen molar-refractivity contribution in [1.82, 2.24) is 15.0 Å². The fourth-order valence-corrected chi connectivity index (χ4v) is 5.66. The highest BCUT2D eigenvalue weighted by Crippen LogP contribution is 2.39. The molecule has 0 aliphatic heterocycles. The van der Waals surface area contributed by atoms with E-state index >= 15 is 0 Å². The molecule has 0 aliphatic rings. The zero-order valence-corrected chi connectivity index (χ0v) is 21.9. The molecule has 6 aromatic carbocycles. The van der Waals surface area contributed by atoms with Gasteiger partial charge in [0.1, 0.15) is 22.3 Å². The van der Waals surface area contributed by atoms with E-state index in [9.17, 15) is 0 Å². The van der Waals surface area contributed by atoms with Crippen LogP contribution in [0.4, 0.5) is 0 Å². The lowest BCUT2D eigenvalue weighted by atomic mass is 10.0. The normalized spacial score (nSPS) is 13.5. The Balaban J connectivity index is 1.35. The summed E-state index contributed by atoms with van der Waals surface area (Å²) < 4.78 is 54.5. The number of fused-ring (bicyclic) bond motifs is 7. The molecular formula is C37H21N3O2. The van der Waals surface area contributed by atoms with Gasteiger partial charge in [-0.25, -0.2) is 15.0 Å². The summed E-state index contributed by atoms with van der Waals surface area (Å²) in [4.78, 5) is 14.5. The Morgan fingerprint density at radius 3 is 2.05 bits per heavy atom. The fourth-order valence-electron chi connectivity index (χ4n) is 5.66. The van der Waals surface area contributed by atoms with E-state index in [0.29, 0.717) is 27.9 Å². The quantitative estimate of drug-likeness (QED) is 0.221. The van der Waals surface area contributed by atoms with Gasteiger partial charge >= 0.3 is 0 Å². The minimum absolute atomic E-state index is 0.0330. The summed E-state index contributed by atoms with van der Waals surface area (Å²) in [6.07, 6.45) is 0. The van der Waals surface area contributed by atoms with Gasteiger partial charge in [-0.05, 0) is 53.2 Å². The molecule has 5 heteroatoms. The summed E-state index contributed by atoms with van der Waals surface area (Å²) in [5, 5.41) is 5.59. The molecule has 0 amide bonds. The van der Waals surface area contributed by atoms with E-state index in [-0.39, 0.29) is 23.0 Å². The van der Waals surface area contributed by atoms with Crippen LogP contribution in [0.5, 0.6) is 0 Å². The fraction of sp³-hybridized carbons (Fsp3) is 0. The predicted octanol–water partition coefficient (Wildman–Crippen LogP) is 9.82.